The number of nitrogens with zero attached hydrogens (tertiary/aromatic N) is 2. The van der Waals surface area contributed by atoms with E-state index < -0.39 is 21.2 Å². The summed E-state index contributed by atoms with van der Waals surface area (Å²) < 4.78 is 0. The molecule has 110 valence electrons. The molecule has 0 fully saturated rings. The largest absolute Gasteiger partial charge is 0.346 e. The zero-order valence-electron chi connectivity index (χ0n) is 11.5. The Hall–Kier alpha value is -3.28. The Morgan fingerprint density at radius 1 is 0.682 bits per heavy atom. The summed E-state index contributed by atoms with van der Waals surface area (Å²) in [6.45, 7) is 0. The van der Waals surface area contributed by atoms with Crippen molar-refractivity contribution in [3.8, 4) is 0 Å². The third-order valence-corrected chi connectivity index (χ3v) is 2.86. The molecule has 2 aromatic rings. The molecule has 0 radical (unpaired) electrons. The Balaban J connectivity index is 2.52. The first kappa shape index (κ1) is 15.1. The SMILES string of the molecule is O=[N+]([O-])C(=C\c1ccccc1)/C(=C/c1ccccc1)[N+](=O)[O-]. The molecule has 0 bridgehead atoms. The Kier molecular flexibility index (Phi) is 4.77. The van der Waals surface area contributed by atoms with Gasteiger partial charge in [0.25, 0.3) is 0 Å². The molecule has 0 aliphatic rings. The molecule has 6 nitrogen and oxygen atoms in total. The second kappa shape index (κ2) is 6.94. The Morgan fingerprint density at radius 2 is 1.00 bits per heavy atom. The first-order valence-corrected chi connectivity index (χ1v) is 6.40. The highest BCUT2D eigenvalue weighted by molar-refractivity contribution is 5.61. The summed E-state index contributed by atoms with van der Waals surface area (Å²) >= 11 is 0. The lowest BCUT2D eigenvalue weighted by molar-refractivity contribution is -0.477. The van der Waals surface area contributed by atoms with E-state index in [-0.39, 0.29) is 0 Å². The molecule has 0 spiro atoms. The highest BCUT2D eigenvalue weighted by Crippen LogP contribution is 2.19. The molecule has 0 unspecified atom stereocenters. The lowest BCUT2D eigenvalue weighted by Crippen LogP contribution is -2.09. The maximum absolute atomic E-state index is 11.2. The summed E-state index contributed by atoms with van der Waals surface area (Å²) in [6, 6.07) is 16.9. The van der Waals surface area contributed by atoms with Gasteiger partial charge >= 0.3 is 11.4 Å². The molecule has 0 aromatic heterocycles. The van der Waals surface area contributed by atoms with E-state index >= 15 is 0 Å². The van der Waals surface area contributed by atoms with Crippen LogP contribution in [-0.4, -0.2) is 9.85 Å². The molecular weight excluding hydrogens is 284 g/mol. The second-order valence-electron chi connectivity index (χ2n) is 4.39. The fourth-order valence-corrected chi connectivity index (χ4v) is 1.85. The van der Waals surface area contributed by atoms with Gasteiger partial charge in [-0.15, -0.1) is 0 Å². The molecule has 2 aromatic carbocycles. The van der Waals surface area contributed by atoms with E-state index in [1.165, 1.54) is 12.2 Å². The minimum absolute atomic E-state index is 0.523. The van der Waals surface area contributed by atoms with Crippen LogP contribution >= 0.6 is 0 Å². The fourth-order valence-electron chi connectivity index (χ4n) is 1.85. The van der Waals surface area contributed by atoms with Gasteiger partial charge in [0.05, 0.1) is 9.85 Å². The summed E-state index contributed by atoms with van der Waals surface area (Å²) in [6.07, 6.45) is 2.38. The second-order valence-corrected chi connectivity index (χ2v) is 4.39. The molecule has 0 atom stereocenters. The van der Waals surface area contributed by atoms with E-state index in [1.807, 2.05) is 0 Å². The van der Waals surface area contributed by atoms with Crippen molar-refractivity contribution >= 4 is 12.2 Å². The number of benzene rings is 2. The summed E-state index contributed by atoms with van der Waals surface area (Å²) in [5.41, 5.74) is -0.0647. The van der Waals surface area contributed by atoms with Crippen LogP contribution in [0.25, 0.3) is 12.2 Å². The fraction of sp³-hybridized carbons (Fsp3) is 0. The van der Waals surface area contributed by atoms with Crippen molar-refractivity contribution in [1.29, 1.82) is 0 Å². The molecule has 0 heterocycles. The van der Waals surface area contributed by atoms with Crippen LogP contribution in [0.3, 0.4) is 0 Å². The minimum Gasteiger partial charge on any atom is -0.258 e. The third kappa shape index (κ3) is 3.86. The van der Waals surface area contributed by atoms with Crippen LogP contribution in [0.1, 0.15) is 11.1 Å². The zero-order valence-corrected chi connectivity index (χ0v) is 11.5. The molecule has 0 aliphatic heterocycles. The van der Waals surface area contributed by atoms with Gasteiger partial charge in [-0.1, -0.05) is 60.7 Å². The van der Waals surface area contributed by atoms with Gasteiger partial charge in [0.2, 0.25) is 0 Å². The van der Waals surface area contributed by atoms with Crippen LogP contribution in [0.4, 0.5) is 0 Å². The monoisotopic (exact) mass is 296 g/mol. The molecule has 0 amide bonds. The smallest absolute Gasteiger partial charge is 0.258 e. The van der Waals surface area contributed by atoms with E-state index in [4.69, 9.17) is 0 Å². The maximum atomic E-state index is 11.2. The van der Waals surface area contributed by atoms with Crippen LogP contribution in [0.15, 0.2) is 72.1 Å². The molecule has 22 heavy (non-hydrogen) atoms. The van der Waals surface area contributed by atoms with Crippen molar-refractivity contribution in [1.82, 2.24) is 0 Å². The van der Waals surface area contributed by atoms with Gasteiger partial charge in [-0.3, -0.25) is 20.2 Å². The average molecular weight is 296 g/mol. The molecule has 2 rings (SSSR count). The predicted molar refractivity (Wildman–Crippen MR) is 82.8 cm³/mol. The van der Waals surface area contributed by atoms with Crippen LogP contribution in [0.2, 0.25) is 0 Å². The van der Waals surface area contributed by atoms with E-state index in [9.17, 15) is 20.2 Å². The van der Waals surface area contributed by atoms with E-state index in [0.717, 1.165) is 0 Å². The maximum Gasteiger partial charge on any atom is 0.346 e. The number of hydrogen-bond donors (Lipinski definition) is 0. The third-order valence-electron chi connectivity index (χ3n) is 2.86. The highest BCUT2D eigenvalue weighted by atomic mass is 16.6. The average Bonchev–Trinajstić information content (AvgIpc) is 2.52. The Bertz CT molecular complexity index is 672. The van der Waals surface area contributed by atoms with Gasteiger partial charge in [0, 0.05) is 12.2 Å². The zero-order chi connectivity index (χ0) is 15.9. The first-order chi connectivity index (χ1) is 10.6. The normalized spacial score (nSPS) is 12.0. The molecule has 0 N–H and O–H groups in total. The van der Waals surface area contributed by atoms with Crippen molar-refractivity contribution in [3.05, 3.63) is 103 Å². The molecular formula is C16H12N2O4. The molecule has 0 saturated heterocycles. The van der Waals surface area contributed by atoms with Crippen molar-refractivity contribution in [2.45, 2.75) is 0 Å². The van der Waals surface area contributed by atoms with Crippen molar-refractivity contribution < 1.29 is 9.85 Å². The van der Waals surface area contributed by atoms with E-state index in [0.29, 0.717) is 11.1 Å². The molecule has 6 heteroatoms. The van der Waals surface area contributed by atoms with Crippen LogP contribution in [0, 0.1) is 20.2 Å². The van der Waals surface area contributed by atoms with Gasteiger partial charge in [-0.25, -0.2) is 0 Å². The molecule has 0 saturated carbocycles. The van der Waals surface area contributed by atoms with Crippen molar-refractivity contribution in [3.63, 3.8) is 0 Å². The van der Waals surface area contributed by atoms with Crippen molar-refractivity contribution in [2.75, 3.05) is 0 Å². The number of hydrogen-bond acceptors (Lipinski definition) is 4. The van der Waals surface area contributed by atoms with Gasteiger partial charge in [0.15, 0.2) is 0 Å². The first-order valence-electron chi connectivity index (χ1n) is 6.40. The van der Waals surface area contributed by atoms with Gasteiger partial charge < -0.3 is 0 Å². The quantitative estimate of drug-likeness (QED) is 0.479. The summed E-state index contributed by atoms with van der Waals surface area (Å²) in [5.74, 6) is 0. The van der Waals surface area contributed by atoms with Gasteiger partial charge in [0.1, 0.15) is 0 Å². The van der Waals surface area contributed by atoms with Crippen molar-refractivity contribution in [2.24, 2.45) is 0 Å². The standard InChI is InChI=1S/C16H12N2O4/c19-17(20)15(11-13-7-3-1-4-8-13)16(18(21)22)12-14-9-5-2-6-10-14/h1-12H/b15-11-,16-12-. The summed E-state index contributed by atoms with van der Waals surface area (Å²) in [4.78, 5) is 21.0. The summed E-state index contributed by atoms with van der Waals surface area (Å²) in [7, 11) is 0. The number of rotatable bonds is 5. The Morgan fingerprint density at radius 3 is 1.27 bits per heavy atom. The molecule has 0 aliphatic carbocycles. The van der Waals surface area contributed by atoms with E-state index in [1.54, 1.807) is 60.7 Å². The summed E-state index contributed by atoms with van der Waals surface area (Å²) in [5, 5.41) is 22.5. The van der Waals surface area contributed by atoms with Crippen LogP contribution in [-0.2, 0) is 0 Å². The number of nitro groups is 2. The topological polar surface area (TPSA) is 86.3 Å². The van der Waals surface area contributed by atoms with Gasteiger partial charge in [-0.2, -0.15) is 0 Å². The van der Waals surface area contributed by atoms with Gasteiger partial charge in [-0.05, 0) is 11.1 Å². The van der Waals surface area contributed by atoms with Crippen LogP contribution in [0.5, 0.6) is 0 Å². The lowest BCUT2D eigenvalue weighted by atomic mass is 10.1. The predicted octanol–water partition coefficient (Wildman–Crippen LogP) is 3.62. The lowest BCUT2D eigenvalue weighted by Gasteiger charge is -1.98. The van der Waals surface area contributed by atoms with Crippen LogP contribution < -0.4 is 0 Å². The minimum atomic E-state index is -0.745. The highest BCUT2D eigenvalue weighted by Gasteiger charge is 2.28. The van der Waals surface area contributed by atoms with E-state index in [2.05, 4.69) is 0 Å². The Labute approximate surface area is 126 Å².